The van der Waals surface area contributed by atoms with Gasteiger partial charge in [0.25, 0.3) is 0 Å². The molecule has 0 aliphatic carbocycles. The van der Waals surface area contributed by atoms with Gasteiger partial charge in [0.1, 0.15) is 12.4 Å². The van der Waals surface area contributed by atoms with Gasteiger partial charge in [-0.05, 0) is 30.5 Å². The van der Waals surface area contributed by atoms with Crippen molar-refractivity contribution in [2.45, 2.75) is 58.3 Å². The molecule has 1 N–H and O–H groups in total. The van der Waals surface area contributed by atoms with E-state index in [1.165, 1.54) is 50.5 Å². The molecule has 0 amide bonds. The van der Waals surface area contributed by atoms with Gasteiger partial charge >= 0.3 is 29.6 Å². The Morgan fingerprint density at radius 3 is 1.16 bits per heavy atom. The molecule has 11 heteroatoms. The fourth-order valence-electron chi connectivity index (χ4n) is 3.96. The second-order valence-electron chi connectivity index (χ2n) is 9.99. The molecule has 254 valence electrons. The van der Waals surface area contributed by atoms with Crippen LogP contribution < -0.4 is 4.74 Å². The third kappa shape index (κ3) is 31.6. The predicted octanol–water partition coefficient (Wildman–Crippen LogP) is 3.84. The van der Waals surface area contributed by atoms with E-state index in [1.807, 2.05) is 0 Å². The summed E-state index contributed by atoms with van der Waals surface area (Å²) in [7, 11) is 0. The number of hydrogen-bond donors (Lipinski definition) is 1. The van der Waals surface area contributed by atoms with E-state index >= 15 is 0 Å². The fraction of sp³-hybridized carbons (Fsp3) is 0.818. The van der Waals surface area contributed by atoms with E-state index in [0.717, 1.165) is 12.2 Å². The van der Waals surface area contributed by atoms with Crippen LogP contribution in [0, 0.1) is 0 Å². The zero-order valence-electron chi connectivity index (χ0n) is 26.8. The summed E-state index contributed by atoms with van der Waals surface area (Å²) in [5, 5.41) is 8.58. The van der Waals surface area contributed by atoms with Crippen molar-refractivity contribution in [1.82, 2.24) is 0 Å². The summed E-state index contributed by atoms with van der Waals surface area (Å²) in [4.78, 5) is 0. The quantitative estimate of drug-likeness (QED) is 0.0870. The van der Waals surface area contributed by atoms with E-state index in [-0.39, 0.29) is 36.2 Å². The first-order valence-electron chi connectivity index (χ1n) is 16.3. The van der Waals surface area contributed by atoms with Crippen molar-refractivity contribution in [2.75, 3.05) is 119 Å². The molecule has 0 aliphatic heterocycles. The number of hydrogen-bond acceptors (Lipinski definition) is 10. The molecular formula is C33H61NaO10. The van der Waals surface area contributed by atoms with E-state index in [4.69, 9.17) is 47.7 Å². The van der Waals surface area contributed by atoms with Gasteiger partial charge in [-0.25, -0.2) is 0 Å². The average molecular weight is 641 g/mol. The van der Waals surface area contributed by atoms with E-state index in [1.54, 1.807) is 0 Å². The van der Waals surface area contributed by atoms with Crippen LogP contribution in [0.15, 0.2) is 24.3 Å². The second kappa shape index (κ2) is 37.1. The van der Waals surface area contributed by atoms with Gasteiger partial charge < -0.3 is 47.7 Å². The van der Waals surface area contributed by atoms with Gasteiger partial charge in [0.05, 0.1) is 112 Å². The Hall–Kier alpha value is -0.340. The zero-order chi connectivity index (χ0) is 30.7. The monoisotopic (exact) mass is 640 g/mol. The summed E-state index contributed by atoms with van der Waals surface area (Å²) < 4.78 is 49.1. The molecule has 44 heavy (non-hydrogen) atoms. The van der Waals surface area contributed by atoms with Crippen molar-refractivity contribution in [3.05, 3.63) is 29.8 Å². The van der Waals surface area contributed by atoms with Crippen molar-refractivity contribution in [1.29, 1.82) is 0 Å². The van der Waals surface area contributed by atoms with Crippen LogP contribution in [0.3, 0.4) is 0 Å². The summed E-state index contributed by atoms with van der Waals surface area (Å²) in [5.74, 6) is 0.887. The van der Waals surface area contributed by atoms with Crippen LogP contribution in [0.2, 0.25) is 0 Å². The topological polar surface area (TPSA) is 103 Å². The van der Waals surface area contributed by atoms with Gasteiger partial charge in [-0.3, -0.25) is 0 Å². The van der Waals surface area contributed by atoms with Gasteiger partial charge in [-0.1, -0.05) is 57.6 Å². The fourth-order valence-corrected chi connectivity index (χ4v) is 3.96. The first kappa shape index (κ1) is 43.7. The number of ether oxygens (including phenoxy) is 9. The first-order chi connectivity index (χ1) is 21.4. The van der Waals surface area contributed by atoms with E-state index in [0.29, 0.717) is 112 Å². The van der Waals surface area contributed by atoms with Crippen molar-refractivity contribution in [2.24, 2.45) is 0 Å². The minimum absolute atomic E-state index is 0. The third-order valence-corrected chi connectivity index (χ3v) is 6.33. The molecular weight excluding hydrogens is 579 g/mol. The van der Waals surface area contributed by atoms with Crippen molar-refractivity contribution in [3.8, 4) is 5.75 Å². The van der Waals surface area contributed by atoms with Crippen LogP contribution in [0.4, 0.5) is 0 Å². The molecule has 10 nitrogen and oxygen atoms in total. The van der Waals surface area contributed by atoms with Gasteiger partial charge in [0.2, 0.25) is 0 Å². The van der Waals surface area contributed by atoms with Gasteiger partial charge in [-0.2, -0.15) is 0 Å². The zero-order valence-corrected chi connectivity index (χ0v) is 26.8. The maximum absolute atomic E-state index is 8.58. The predicted molar refractivity (Wildman–Crippen MR) is 174 cm³/mol. The normalized spacial score (nSPS) is 11.1. The summed E-state index contributed by atoms with van der Waals surface area (Å²) >= 11 is 0. The molecule has 0 radical (unpaired) electrons. The Morgan fingerprint density at radius 1 is 0.432 bits per heavy atom. The van der Waals surface area contributed by atoms with Crippen molar-refractivity contribution in [3.63, 3.8) is 0 Å². The van der Waals surface area contributed by atoms with Gasteiger partial charge in [-0.15, -0.1) is 0 Å². The molecule has 0 fully saturated rings. The Kier molecular flexibility index (Phi) is 36.8. The SMILES string of the molecule is CCCCCCCCCc1ccc(OCCOCCOCCOCCOCCOCCOCCOCCOCCO)cc1.[NaH]. The molecule has 0 atom stereocenters. The molecule has 0 saturated heterocycles. The Balaban J connectivity index is 0.0000185. The minimum atomic E-state index is 0. The molecule has 0 aliphatic rings. The van der Waals surface area contributed by atoms with E-state index in [9.17, 15) is 0 Å². The summed E-state index contributed by atoms with van der Waals surface area (Å²) in [6, 6.07) is 8.45. The maximum atomic E-state index is 8.58. The van der Waals surface area contributed by atoms with E-state index < -0.39 is 0 Å². The number of aryl methyl sites for hydroxylation is 1. The molecule has 0 heterocycles. The second-order valence-corrected chi connectivity index (χ2v) is 9.99. The van der Waals surface area contributed by atoms with Crippen molar-refractivity contribution < 1.29 is 47.7 Å². The van der Waals surface area contributed by atoms with Gasteiger partial charge in [0, 0.05) is 0 Å². The molecule has 0 unspecified atom stereocenters. The molecule has 1 rings (SSSR count). The third-order valence-electron chi connectivity index (χ3n) is 6.33. The van der Waals surface area contributed by atoms with E-state index in [2.05, 4.69) is 31.2 Å². The molecule has 0 spiro atoms. The summed E-state index contributed by atoms with van der Waals surface area (Å²) in [5.41, 5.74) is 1.38. The Labute approximate surface area is 289 Å². The number of benzene rings is 1. The first-order valence-corrected chi connectivity index (χ1v) is 16.3. The van der Waals surface area contributed by atoms with Gasteiger partial charge in [0.15, 0.2) is 0 Å². The molecule has 0 aromatic heterocycles. The number of rotatable bonds is 35. The molecule has 1 aromatic carbocycles. The molecule has 0 saturated carbocycles. The average Bonchev–Trinajstić information content (AvgIpc) is 3.03. The Morgan fingerprint density at radius 2 is 0.773 bits per heavy atom. The van der Waals surface area contributed by atoms with Crippen LogP contribution in [0.5, 0.6) is 5.75 Å². The van der Waals surface area contributed by atoms with Crippen LogP contribution in [-0.4, -0.2) is 154 Å². The molecule has 1 aromatic rings. The summed E-state index contributed by atoms with van der Waals surface area (Å²) in [6.07, 6.45) is 10.5. The standard InChI is InChI=1S/C33H60O10.Na.H/c1-2-3-4-5-6-7-8-9-32-10-12-33(13-11-32)43-31-30-42-29-28-41-27-26-40-25-24-39-23-22-38-21-20-37-19-18-36-17-16-35-15-14-34;;/h10-13,34H,2-9,14-31H2,1H3;;. The van der Waals surface area contributed by atoms with Crippen LogP contribution in [0.1, 0.15) is 57.4 Å². The number of unbranched alkanes of at least 4 members (excludes halogenated alkanes) is 6. The van der Waals surface area contributed by atoms with Crippen LogP contribution in [-0.2, 0) is 44.3 Å². The van der Waals surface area contributed by atoms with Crippen LogP contribution in [0.25, 0.3) is 0 Å². The Bertz CT molecular complexity index is 668. The molecule has 0 bridgehead atoms. The summed E-state index contributed by atoms with van der Waals surface area (Å²) in [6.45, 7) is 10.9. The number of aliphatic hydroxyl groups is 1. The van der Waals surface area contributed by atoms with Crippen LogP contribution >= 0.6 is 0 Å². The number of aliphatic hydroxyl groups excluding tert-OH is 1. The van der Waals surface area contributed by atoms with Crippen molar-refractivity contribution >= 4 is 29.6 Å².